The van der Waals surface area contributed by atoms with Crippen LogP contribution in [0.15, 0.2) is 78.1 Å². The number of aromatic nitrogens is 4. The molecular formula is C37H43BF2N6O4. The lowest BCUT2D eigenvalue weighted by Gasteiger charge is -2.34. The van der Waals surface area contributed by atoms with Crippen molar-refractivity contribution in [1.82, 2.24) is 19.5 Å². The van der Waals surface area contributed by atoms with E-state index in [-0.39, 0.29) is 0 Å². The topological polar surface area (TPSA) is 78.8 Å². The summed E-state index contributed by atoms with van der Waals surface area (Å²) < 4.78 is 58.9. The zero-order chi connectivity index (χ0) is 34.8. The van der Waals surface area contributed by atoms with E-state index in [2.05, 4.69) is 27.3 Å². The molecule has 10 nitrogen and oxygen atoms in total. The Hall–Kier alpha value is -4.43. The maximum Gasteiger partial charge on any atom is 0.737 e. The summed E-state index contributed by atoms with van der Waals surface area (Å²) >= 11 is 0. The number of allylic oxidation sites excluding steroid dienone is 2. The van der Waals surface area contributed by atoms with Gasteiger partial charge in [0.25, 0.3) is 0 Å². The molecule has 0 spiro atoms. The summed E-state index contributed by atoms with van der Waals surface area (Å²) in [6, 6.07) is 18.0. The van der Waals surface area contributed by atoms with Crippen LogP contribution in [0.3, 0.4) is 0 Å². The van der Waals surface area contributed by atoms with Crippen molar-refractivity contribution in [3.63, 3.8) is 0 Å². The maximum atomic E-state index is 16.0. The number of anilines is 1. The van der Waals surface area contributed by atoms with E-state index in [0.717, 1.165) is 58.0 Å². The molecule has 2 aromatic heterocycles. The Kier molecular flexibility index (Phi) is 9.83. The minimum Gasteiger partial charge on any atom is -0.393 e. The highest BCUT2D eigenvalue weighted by Gasteiger charge is 2.55. The van der Waals surface area contributed by atoms with Gasteiger partial charge in [0, 0.05) is 48.6 Å². The Labute approximate surface area is 291 Å². The van der Waals surface area contributed by atoms with E-state index < -0.39 is 6.97 Å². The summed E-state index contributed by atoms with van der Waals surface area (Å²) in [5.74, 6) is 0. The maximum absolute atomic E-state index is 16.0. The molecule has 13 heteroatoms. The lowest BCUT2D eigenvalue weighted by Crippen LogP contribution is -2.51. The first-order chi connectivity index (χ1) is 24.2. The first-order valence-electron chi connectivity index (χ1n) is 17.2. The van der Waals surface area contributed by atoms with Gasteiger partial charge in [-0.3, -0.25) is 0 Å². The van der Waals surface area contributed by atoms with Gasteiger partial charge < -0.3 is 41.4 Å². The Morgan fingerprint density at radius 3 is 1.90 bits per heavy atom. The average Bonchev–Trinajstić information content (AvgIpc) is 3.79. The summed E-state index contributed by atoms with van der Waals surface area (Å²) in [5, 5.41) is 8.87. The molecule has 0 unspecified atom stereocenters. The third-order valence-corrected chi connectivity index (χ3v) is 9.50. The summed E-state index contributed by atoms with van der Waals surface area (Å²) in [5.41, 5.74) is 9.12. The van der Waals surface area contributed by atoms with E-state index in [9.17, 15) is 0 Å². The van der Waals surface area contributed by atoms with Crippen molar-refractivity contribution < 1.29 is 32.1 Å². The lowest BCUT2D eigenvalue weighted by molar-refractivity contribution is -0.363. The van der Waals surface area contributed by atoms with Crippen LogP contribution >= 0.6 is 0 Å². The molecule has 50 heavy (non-hydrogen) atoms. The van der Waals surface area contributed by atoms with Gasteiger partial charge in [-0.15, -0.1) is 5.10 Å². The van der Waals surface area contributed by atoms with Gasteiger partial charge in [-0.25, -0.2) is 4.68 Å². The molecule has 1 fully saturated rings. The highest BCUT2D eigenvalue weighted by molar-refractivity contribution is 6.58. The van der Waals surface area contributed by atoms with Crippen LogP contribution in [0.25, 0.3) is 22.5 Å². The Bertz CT molecular complexity index is 1930. The van der Waals surface area contributed by atoms with Gasteiger partial charge in [0.15, 0.2) is 5.70 Å². The molecule has 0 aliphatic carbocycles. The van der Waals surface area contributed by atoms with Gasteiger partial charge in [0.1, 0.15) is 11.4 Å². The van der Waals surface area contributed by atoms with E-state index in [1.54, 1.807) is 18.5 Å². The second-order valence-electron chi connectivity index (χ2n) is 12.9. The number of aryl methyl sites for hydroxylation is 2. The van der Waals surface area contributed by atoms with E-state index in [4.69, 9.17) is 18.9 Å². The van der Waals surface area contributed by atoms with Crippen LogP contribution in [0.4, 0.5) is 14.3 Å². The Morgan fingerprint density at radius 2 is 1.28 bits per heavy atom. The molecule has 4 aromatic rings. The molecule has 0 amide bonds. The molecule has 0 saturated carbocycles. The molecule has 3 aliphatic rings. The molecule has 2 aromatic carbocycles. The quantitative estimate of drug-likeness (QED) is 0.257. The van der Waals surface area contributed by atoms with Gasteiger partial charge in [0.05, 0.1) is 70.3 Å². The largest absolute Gasteiger partial charge is 0.737 e. The summed E-state index contributed by atoms with van der Waals surface area (Å²) in [4.78, 5) is 2.25. The number of nitrogens with zero attached hydrogens (tertiary/aromatic N) is 6. The predicted octanol–water partition coefficient (Wildman–Crippen LogP) is 5.67. The van der Waals surface area contributed by atoms with Gasteiger partial charge in [-0.05, 0) is 67.9 Å². The van der Waals surface area contributed by atoms with Crippen molar-refractivity contribution in [2.45, 2.75) is 27.7 Å². The number of halogens is 2. The lowest BCUT2D eigenvalue weighted by atomic mass is 9.84. The number of ether oxygens (including phenoxy) is 4. The van der Waals surface area contributed by atoms with Crippen molar-refractivity contribution in [1.29, 1.82) is 0 Å². The van der Waals surface area contributed by atoms with Crippen LogP contribution in [-0.2, 0) is 18.9 Å². The van der Waals surface area contributed by atoms with Crippen LogP contribution in [-0.4, -0.2) is 103 Å². The zero-order valence-electron chi connectivity index (χ0n) is 29.1. The Balaban J connectivity index is 1.10. The van der Waals surface area contributed by atoms with Crippen LogP contribution < -0.4 is 4.90 Å². The molecule has 5 heterocycles. The number of hydrogen-bond acceptors (Lipinski definition) is 7. The van der Waals surface area contributed by atoms with Crippen molar-refractivity contribution >= 4 is 23.9 Å². The van der Waals surface area contributed by atoms with Crippen LogP contribution in [0.1, 0.15) is 36.4 Å². The third kappa shape index (κ3) is 6.58. The first kappa shape index (κ1) is 34.0. The molecule has 0 N–H and O–H groups in total. The normalized spacial score (nSPS) is 19.2. The van der Waals surface area contributed by atoms with Crippen LogP contribution in [0.5, 0.6) is 0 Å². The predicted molar refractivity (Wildman–Crippen MR) is 190 cm³/mol. The van der Waals surface area contributed by atoms with E-state index >= 15 is 8.63 Å². The van der Waals surface area contributed by atoms with Crippen molar-refractivity contribution in [2.75, 3.05) is 70.8 Å². The fourth-order valence-corrected chi connectivity index (χ4v) is 7.20. The van der Waals surface area contributed by atoms with Crippen LogP contribution in [0, 0.1) is 13.8 Å². The van der Waals surface area contributed by atoms with E-state index in [1.165, 1.54) is 8.96 Å². The average molecular weight is 685 g/mol. The van der Waals surface area contributed by atoms with Crippen LogP contribution in [0.2, 0.25) is 0 Å². The minimum atomic E-state index is -4.02. The molecule has 0 radical (unpaired) electrons. The fraction of sp³-hybridized carbons (Fsp3) is 0.378. The number of hydrogen-bond donors (Lipinski definition) is 0. The van der Waals surface area contributed by atoms with E-state index in [0.29, 0.717) is 75.7 Å². The smallest absolute Gasteiger partial charge is 0.393 e. The standard InChI is InChI=1S/C37H43BF2N6O4/c1-26-23-28(3)45-36(26)35(37-27(2)24-29(4)46(37)38(45,39)40)31-7-11-33(12-8-31)44-25-34(41-42-44)30-5-9-32(10-6-30)43-13-15-47-17-19-49-21-22-50-20-18-48-16-14-43/h5-12,23-25H,13-22H2,1-4H3. The summed E-state index contributed by atoms with van der Waals surface area (Å²) in [6.45, 7) is 9.19. The highest BCUT2D eigenvalue weighted by Crippen LogP contribution is 2.44. The number of rotatable bonds is 4. The molecule has 0 bridgehead atoms. The summed E-state index contributed by atoms with van der Waals surface area (Å²) in [7, 11) is 0. The molecular weight excluding hydrogens is 641 g/mol. The molecule has 3 aliphatic heterocycles. The third-order valence-electron chi connectivity index (χ3n) is 9.50. The van der Waals surface area contributed by atoms with Gasteiger partial charge in [-0.2, -0.15) is 0 Å². The van der Waals surface area contributed by atoms with Gasteiger partial charge in [0.2, 0.25) is 0 Å². The minimum absolute atomic E-state index is 0.543. The van der Waals surface area contributed by atoms with Crippen molar-refractivity contribution in [3.05, 3.63) is 101 Å². The fourth-order valence-electron chi connectivity index (χ4n) is 7.20. The SMILES string of the molecule is CC1=CC(C)=[N+]2C1=C(c1ccc(-n3cc(-c4ccc(N5CCOCCOCCOCCOCC5)cc4)nn3)cc1)c1c(C)cc(C)n1[B-]2(F)F. The molecule has 0 atom stereocenters. The van der Waals surface area contributed by atoms with Crippen molar-refractivity contribution in [3.8, 4) is 16.9 Å². The monoisotopic (exact) mass is 684 g/mol. The first-order valence-corrected chi connectivity index (χ1v) is 17.2. The van der Waals surface area contributed by atoms with E-state index in [1.807, 2.05) is 68.6 Å². The molecule has 7 rings (SSSR count). The number of benzene rings is 2. The summed E-state index contributed by atoms with van der Waals surface area (Å²) in [6.07, 6.45) is 3.74. The number of fused-ring (bicyclic) bond motifs is 2. The second-order valence-corrected chi connectivity index (χ2v) is 12.9. The zero-order valence-corrected chi connectivity index (χ0v) is 29.1. The Morgan fingerprint density at radius 1 is 0.720 bits per heavy atom. The molecule has 1 saturated heterocycles. The van der Waals surface area contributed by atoms with Gasteiger partial charge >= 0.3 is 6.97 Å². The molecule has 262 valence electrons. The van der Waals surface area contributed by atoms with Gasteiger partial charge in [-0.1, -0.05) is 29.5 Å². The second kappa shape index (κ2) is 14.4. The highest BCUT2D eigenvalue weighted by atomic mass is 19.2. The van der Waals surface area contributed by atoms with Crippen molar-refractivity contribution in [2.24, 2.45) is 0 Å².